The molecule has 21 heavy (non-hydrogen) atoms. The lowest BCUT2D eigenvalue weighted by Crippen LogP contribution is -2.60. The van der Waals surface area contributed by atoms with Crippen LogP contribution in [0.4, 0.5) is 4.79 Å². The molecule has 0 saturated carbocycles. The highest BCUT2D eigenvalue weighted by molar-refractivity contribution is 5.67. The lowest BCUT2D eigenvalue weighted by molar-refractivity contribution is -0.170. The van der Waals surface area contributed by atoms with E-state index in [-0.39, 0.29) is 11.5 Å². The summed E-state index contributed by atoms with van der Waals surface area (Å²) < 4.78 is 10.7. The Kier molecular flexibility index (Phi) is 5.11. The van der Waals surface area contributed by atoms with Crippen LogP contribution in [0.2, 0.25) is 0 Å². The van der Waals surface area contributed by atoms with Crippen LogP contribution in [0.3, 0.4) is 0 Å². The zero-order valence-corrected chi connectivity index (χ0v) is 13.5. The predicted octanol–water partition coefficient (Wildman–Crippen LogP) is 0.808. The number of nitrogens with zero attached hydrogens (tertiary/aromatic N) is 1. The van der Waals surface area contributed by atoms with Gasteiger partial charge in [-0.05, 0) is 39.7 Å². The van der Waals surface area contributed by atoms with E-state index in [2.05, 4.69) is 10.2 Å². The number of nitrogens with two attached hydrogens (primary N) is 1. The zero-order valence-electron chi connectivity index (χ0n) is 13.5. The van der Waals surface area contributed by atoms with Gasteiger partial charge in [0.05, 0.1) is 13.2 Å². The third-order valence-electron chi connectivity index (χ3n) is 4.39. The molecule has 6 nitrogen and oxygen atoms in total. The van der Waals surface area contributed by atoms with E-state index in [1.54, 1.807) is 0 Å². The van der Waals surface area contributed by atoms with Crippen LogP contribution >= 0.6 is 0 Å². The van der Waals surface area contributed by atoms with E-state index in [4.69, 9.17) is 15.2 Å². The molecule has 1 unspecified atom stereocenters. The third kappa shape index (κ3) is 4.31. The number of nitrogens with one attached hydrogen (secondary N) is 1. The summed E-state index contributed by atoms with van der Waals surface area (Å²) in [7, 11) is 0. The van der Waals surface area contributed by atoms with Crippen LogP contribution in [0.5, 0.6) is 0 Å². The number of carbonyl (C=O) groups is 1. The number of amides is 1. The van der Waals surface area contributed by atoms with Crippen molar-refractivity contribution in [3.63, 3.8) is 0 Å². The van der Waals surface area contributed by atoms with Crippen molar-refractivity contribution in [2.75, 3.05) is 45.9 Å². The van der Waals surface area contributed by atoms with Gasteiger partial charge in [0.1, 0.15) is 5.60 Å². The molecular formula is C15H29N3O3. The number of ether oxygens (including phenoxy) is 2. The van der Waals surface area contributed by atoms with E-state index in [0.717, 1.165) is 39.3 Å². The fourth-order valence-corrected chi connectivity index (χ4v) is 3.11. The van der Waals surface area contributed by atoms with Crippen LogP contribution < -0.4 is 11.1 Å². The summed E-state index contributed by atoms with van der Waals surface area (Å²) in [5.74, 6) is 0.402. The number of carbonyl (C=O) groups excluding carboxylic acids is 1. The van der Waals surface area contributed by atoms with Gasteiger partial charge in [0, 0.05) is 31.6 Å². The van der Waals surface area contributed by atoms with Crippen LogP contribution in [0, 0.1) is 11.3 Å². The lowest BCUT2D eigenvalue weighted by atomic mass is 9.68. The minimum absolute atomic E-state index is 0.236. The Morgan fingerprint density at radius 2 is 2.19 bits per heavy atom. The van der Waals surface area contributed by atoms with E-state index in [9.17, 15) is 4.79 Å². The Morgan fingerprint density at radius 3 is 2.71 bits per heavy atom. The highest BCUT2D eigenvalue weighted by Gasteiger charge is 2.48. The first-order chi connectivity index (χ1) is 9.85. The summed E-state index contributed by atoms with van der Waals surface area (Å²) in [6.45, 7) is 11.5. The summed E-state index contributed by atoms with van der Waals surface area (Å²) >= 11 is 0. The molecular weight excluding hydrogens is 270 g/mol. The molecule has 1 spiro atoms. The summed E-state index contributed by atoms with van der Waals surface area (Å²) in [6.07, 6.45) is 0.780. The van der Waals surface area contributed by atoms with Gasteiger partial charge in [-0.3, -0.25) is 0 Å². The van der Waals surface area contributed by atoms with Crippen molar-refractivity contribution in [3.8, 4) is 0 Å². The van der Waals surface area contributed by atoms with Gasteiger partial charge < -0.3 is 25.4 Å². The summed E-state index contributed by atoms with van der Waals surface area (Å²) in [5, 5.41) is 2.92. The maximum atomic E-state index is 11.8. The topological polar surface area (TPSA) is 76.8 Å². The second kappa shape index (κ2) is 6.50. The largest absolute Gasteiger partial charge is 0.444 e. The summed E-state index contributed by atoms with van der Waals surface area (Å²) in [6, 6.07) is 0. The van der Waals surface area contributed by atoms with Crippen molar-refractivity contribution in [1.29, 1.82) is 0 Å². The first-order valence-corrected chi connectivity index (χ1v) is 7.82. The van der Waals surface area contributed by atoms with E-state index < -0.39 is 5.60 Å². The number of alkyl carbamates (subject to hydrolysis) is 1. The van der Waals surface area contributed by atoms with Crippen LogP contribution in [-0.4, -0.2) is 62.5 Å². The molecule has 122 valence electrons. The normalized spacial score (nSPS) is 25.4. The Labute approximate surface area is 127 Å². The van der Waals surface area contributed by atoms with Gasteiger partial charge in [-0.1, -0.05) is 0 Å². The highest BCUT2D eigenvalue weighted by atomic mass is 16.6. The first kappa shape index (κ1) is 16.5. The molecule has 2 fully saturated rings. The van der Waals surface area contributed by atoms with E-state index in [1.165, 1.54) is 0 Å². The van der Waals surface area contributed by atoms with Crippen molar-refractivity contribution < 1.29 is 14.3 Å². The van der Waals surface area contributed by atoms with Crippen LogP contribution in [-0.2, 0) is 9.47 Å². The zero-order chi connectivity index (χ0) is 15.5. The second-order valence-electron chi connectivity index (χ2n) is 7.27. The molecule has 0 aromatic rings. The minimum Gasteiger partial charge on any atom is -0.444 e. The standard InChI is InChI=1S/C15H29N3O3/c1-14(2,3)21-13(19)17-8-12-9-18(7-5-16)6-4-15(12)10-20-11-15/h12H,4-11,16H2,1-3H3,(H,17,19). The molecule has 6 heteroatoms. The van der Waals surface area contributed by atoms with Crippen molar-refractivity contribution >= 4 is 6.09 Å². The van der Waals surface area contributed by atoms with Crippen LogP contribution in [0.25, 0.3) is 0 Å². The molecule has 0 aromatic carbocycles. The molecule has 3 N–H and O–H groups in total. The fourth-order valence-electron chi connectivity index (χ4n) is 3.11. The molecule has 0 radical (unpaired) electrons. The van der Waals surface area contributed by atoms with Gasteiger partial charge in [-0.25, -0.2) is 4.79 Å². The number of hydrogen-bond donors (Lipinski definition) is 2. The van der Waals surface area contributed by atoms with E-state index >= 15 is 0 Å². The lowest BCUT2D eigenvalue weighted by Gasteiger charge is -2.52. The number of hydrogen-bond acceptors (Lipinski definition) is 5. The molecule has 0 aromatic heterocycles. The van der Waals surface area contributed by atoms with Crippen molar-refractivity contribution in [2.45, 2.75) is 32.8 Å². The SMILES string of the molecule is CC(C)(C)OC(=O)NCC1CN(CCN)CCC12COC2. The molecule has 0 bridgehead atoms. The Balaban J connectivity index is 1.87. The second-order valence-corrected chi connectivity index (χ2v) is 7.27. The number of likely N-dealkylation sites (tertiary alicyclic amines) is 1. The number of piperidine rings is 1. The minimum atomic E-state index is -0.459. The molecule has 2 aliphatic rings. The van der Waals surface area contributed by atoms with Gasteiger partial charge in [-0.2, -0.15) is 0 Å². The molecule has 2 heterocycles. The quantitative estimate of drug-likeness (QED) is 0.803. The maximum Gasteiger partial charge on any atom is 0.407 e. The molecule has 2 saturated heterocycles. The Hall–Kier alpha value is -0.850. The number of rotatable bonds is 4. The molecule has 1 amide bonds. The van der Waals surface area contributed by atoms with Gasteiger partial charge in [0.15, 0.2) is 0 Å². The average molecular weight is 299 g/mol. The van der Waals surface area contributed by atoms with Gasteiger partial charge in [0.2, 0.25) is 0 Å². The van der Waals surface area contributed by atoms with Crippen LogP contribution in [0.15, 0.2) is 0 Å². The maximum absolute atomic E-state index is 11.8. The first-order valence-electron chi connectivity index (χ1n) is 7.82. The van der Waals surface area contributed by atoms with E-state index in [0.29, 0.717) is 19.0 Å². The monoisotopic (exact) mass is 299 g/mol. The van der Waals surface area contributed by atoms with Crippen molar-refractivity contribution in [2.24, 2.45) is 17.1 Å². The van der Waals surface area contributed by atoms with Crippen molar-refractivity contribution in [3.05, 3.63) is 0 Å². The van der Waals surface area contributed by atoms with Gasteiger partial charge >= 0.3 is 6.09 Å². The average Bonchev–Trinajstić information content (AvgIpc) is 2.33. The van der Waals surface area contributed by atoms with Crippen LogP contribution in [0.1, 0.15) is 27.2 Å². The molecule has 2 rings (SSSR count). The Morgan fingerprint density at radius 1 is 1.48 bits per heavy atom. The molecule has 0 aliphatic carbocycles. The summed E-state index contributed by atoms with van der Waals surface area (Å²) in [4.78, 5) is 14.2. The third-order valence-corrected chi connectivity index (χ3v) is 4.39. The fraction of sp³-hybridized carbons (Fsp3) is 0.933. The molecule has 1 atom stereocenters. The highest BCUT2D eigenvalue weighted by Crippen LogP contribution is 2.42. The summed E-state index contributed by atoms with van der Waals surface area (Å²) in [5.41, 5.74) is 5.43. The van der Waals surface area contributed by atoms with Crippen molar-refractivity contribution in [1.82, 2.24) is 10.2 Å². The predicted molar refractivity (Wildman–Crippen MR) is 81.1 cm³/mol. The Bertz CT molecular complexity index is 364. The smallest absolute Gasteiger partial charge is 0.407 e. The molecule has 2 aliphatic heterocycles. The van der Waals surface area contributed by atoms with E-state index in [1.807, 2.05) is 20.8 Å². The van der Waals surface area contributed by atoms with Gasteiger partial charge in [0.25, 0.3) is 0 Å². The van der Waals surface area contributed by atoms with Gasteiger partial charge in [-0.15, -0.1) is 0 Å².